The predicted molar refractivity (Wildman–Crippen MR) is 125 cm³/mol. The van der Waals surface area contributed by atoms with Gasteiger partial charge >= 0.3 is 12.1 Å². The maximum Gasteiger partial charge on any atom is 0.339 e. The van der Waals surface area contributed by atoms with Crippen molar-refractivity contribution in [3.8, 4) is 0 Å². The Balaban J connectivity index is 1.38. The van der Waals surface area contributed by atoms with Gasteiger partial charge in [0.25, 0.3) is 0 Å². The van der Waals surface area contributed by atoms with Crippen LogP contribution in [-0.4, -0.2) is 58.2 Å². The molecule has 0 spiro atoms. The summed E-state index contributed by atoms with van der Waals surface area (Å²) >= 11 is 5.82. The van der Waals surface area contributed by atoms with Crippen LogP contribution in [-0.2, 0) is 11.3 Å². The first-order valence-corrected chi connectivity index (χ1v) is 11.2. The van der Waals surface area contributed by atoms with Crippen LogP contribution in [0, 0.1) is 5.82 Å². The van der Waals surface area contributed by atoms with Crippen molar-refractivity contribution in [1.29, 1.82) is 0 Å². The first kappa shape index (κ1) is 22.2. The van der Waals surface area contributed by atoms with Gasteiger partial charge in [0.05, 0.1) is 16.2 Å². The minimum atomic E-state index is -0.734. The number of nitrogens with one attached hydrogen (secondary N) is 1. The van der Waals surface area contributed by atoms with Gasteiger partial charge in [-0.1, -0.05) is 41.9 Å². The fourth-order valence-corrected chi connectivity index (χ4v) is 4.81. The number of amides is 4. The minimum Gasteiger partial charge on any atom is -0.351 e. The lowest BCUT2D eigenvalue weighted by Gasteiger charge is -2.41. The van der Waals surface area contributed by atoms with E-state index in [1.54, 1.807) is 35.4 Å². The van der Waals surface area contributed by atoms with Crippen LogP contribution in [0.25, 0.3) is 10.9 Å². The third-order valence-electron chi connectivity index (χ3n) is 6.28. The minimum absolute atomic E-state index is 0.0178. The molecule has 2 aliphatic rings. The van der Waals surface area contributed by atoms with Crippen molar-refractivity contribution >= 4 is 46.2 Å². The summed E-state index contributed by atoms with van der Waals surface area (Å²) in [6.45, 7) is 1.42. The number of hydrogen-bond acceptors (Lipinski definition) is 4. The lowest BCUT2D eigenvalue weighted by Crippen LogP contribution is -2.61. The SMILES string of the molecule is NC(=O)n1cc(N2CCN3CC[C@@H](C(=O)NCc4cccc(Cl)c4F)N3C2=O)c2ccccc21. The molecule has 2 fully saturated rings. The van der Waals surface area contributed by atoms with Gasteiger partial charge in [-0.05, 0) is 18.6 Å². The number of carbonyl (C=O) groups is 3. The van der Waals surface area contributed by atoms with E-state index >= 15 is 0 Å². The van der Waals surface area contributed by atoms with Gasteiger partial charge in [0, 0.05) is 43.3 Å². The number of urea groups is 1. The number of para-hydroxylation sites is 1. The average Bonchev–Trinajstić information content (AvgIpc) is 3.43. The fourth-order valence-electron chi connectivity index (χ4n) is 4.62. The summed E-state index contributed by atoms with van der Waals surface area (Å²) in [7, 11) is 0. The van der Waals surface area contributed by atoms with Crippen LogP contribution in [0.1, 0.15) is 12.0 Å². The molecule has 5 rings (SSSR count). The van der Waals surface area contributed by atoms with Gasteiger partial charge in [0.15, 0.2) is 0 Å². The van der Waals surface area contributed by atoms with E-state index in [1.165, 1.54) is 15.6 Å². The topological polar surface area (TPSA) is 104 Å². The second-order valence-electron chi connectivity index (χ2n) is 8.21. The van der Waals surface area contributed by atoms with Gasteiger partial charge in [-0.25, -0.2) is 24.0 Å². The zero-order chi connectivity index (χ0) is 24.0. The van der Waals surface area contributed by atoms with E-state index in [0.29, 0.717) is 42.6 Å². The predicted octanol–water partition coefficient (Wildman–Crippen LogP) is 2.91. The molecule has 9 nitrogen and oxygen atoms in total. The maximum absolute atomic E-state index is 14.2. The molecule has 0 bridgehead atoms. The largest absolute Gasteiger partial charge is 0.351 e. The highest BCUT2D eigenvalue weighted by Crippen LogP contribution is 2.33. The number of fused-ring (bicyclic) bond motifs is 2. The molecule has 176 valence electrons. The number of primary amides is 1. The highest BCUT2D eigenvalue weighted by atomic mass is 35.5. The molecular formula is C23H22ClFN6O3. The van der Waals surface area contributed by atoms with Crippen molar-refractivity contribution in [2.45, 2.75) is 19.0 Å². The highest BCUT2D eigenvalue weighted by Gasteiger charge is 2.45. The number of nitrogens with zero attached hydrogens (tertiary/aromatic N) is 4. The molecule has 2 saturated heterocycles. The zero-order valence-electron chi connectivity index (χ0n) is 18.1. The van der Waals surface area contributed by atoms with Crippen molar-refractivity contribution in [2.75, 3.05) is 24.5 Å². The molecule has 0 unspecified atom stereocenters. The van der Waals surface area contributed by atoms with E-state index < -0.39 is 17.9 Å². The fraction of sp³-hybridized carbons (Fsp3) is 0.261. The molecule has 3 N–H and O–H groups in total. The number of halogens is 2. The normalized spacial score (nSPS) is 18.4. The van der Waals surface area contributed by atoms with Crippen LogP contribution < -0.4 is 16.0 Å². The van der Waals surface area contributed by atoms with Crippen molar-refractivity contribution in [3.63, 3.8) is 0 Å². The van der Waals surface area contributed by atoms with Crippen LogP contribution in [0.5, 0.6) is 0 Å². The summed E-state index contributed by atoms with van der Waals surface area (Å²) in [4.78, 5) is 40.0. The number of rotatable bonds is 4. The Morgan fingerprint density at radius 2 is 1.91 bits per heavy atom. The first-order valence-electron chi connectivity index (χ1n) is 10.8. The zero-order valence-corrected chi connectivity index (χ0v) is 18.8. The van der Waals surface area contributed by atoms with Crippen LogP contribution >= 0.6 is 11.6 Å². The van der Waals surface area contributed by atoms with Gasteiger partial charge in [-0.2, -0.15) is 0 Å². The second kappa shape index (κ2) is 8.62. The van der Waals surface area contributed by atoms with E-state index in [-0.39, 0.29) is 29.1 Å². The Kier molecular flexibility index (Phi) is 5.62. The van der Waals surface area contributed by atoms with Crippen LogP contribution in [0.4, 0.5) is 19.7 Å². The quantitative estimate of drug-likeness (QED) is 0.594. The molecule has 2 aliphatic heterocycles. The molecule has 34 heavy (non-hydrogen) atoms. The molecule has 1 aromatic heterocycles. The molecule has 0 radical (unpaired) electrons. The van der Waals surface area contributed by atoms with E-state index in [2.05, 4.69) is 5.32 Å². The third kappa shape index (κ3) is 3.64. The van der Waals surface area contributed by atoms with Crippen LogP contribution in [0.2, 0.25) is 5.02 Å². The Hall–Kier alpha value is -3.63. The molecule has 3 heterocycles. The third-order valence-corrected chi connectivity index (χ3v) is 6.57. The van der Waals surface area contributed by atoms with Crippen molar-refractivity contribution in [2.24, 2.45) is 5.73 Å². The van der Waals surface area contributed by atoms with Gasteiger partial charge < -0.3 is 11.1 Å². The van der Waals surface area contributed by atoms with Gasteiger partial charge in [0.1, 0.15) is 11.9 Å². The molecule has 2 aromatic carbocycles. The number of anilines is 1. The van der Waals surface area contributed by atoms with Crippen molar-refractivity contribution in [3.05, 3.63) is 65.1 Å². The maximum atomic E-state index is 14.2. The van der Waals surface area contributed by atoms with Crippen LogP contribution in [0.15, 0.2) is 48.7 Å². The number of hydrogen-bond donors (Lipinski definition) is 2. The second-order valence-corrected chi connectivity index (χ2v) is 8.61. The monoisotopic (exact) mass is 484 g/mol. The number of carbonyl (C=O) groups excluding carboxylic acids is 3. The summed E-state index contributed by atoms with van der Waals surface area (Å²) in [6.07, 6.45) is 2.00. The Morgan fingerprint density at radius 3 is 2.71 bits per heavy atom. The summed E-state index contributed by atoms with van der Waals surface area (Å²) < 4.78 is 15.5. The number of benzene rings is 2. The number of nitrogens with two attached hydrogens (primary N) is 1. The Morgan fingerprint density at radius 1 is 1.12 bits per heavy atom. The van der Waals surface area contributed by atoms with Crippen LogP contribution in [0.3, 0.4) is 0 Å². The lowest BCUT2D eigenvalue weighted by atomic mass is 10.1. The summed E-state index contributed by atoms with van der Waals surface area (Å²) in [5, 5.41) is 6.71. The van der Waals surface area contributed by atoms with Crippen molar-refractivity contribution in [1.82, 2.24) is 19.9 Å². The molecule has 3 aromatic rings. The average molecular weight is 485 g/mol. The number of aromatic nitrogens is 1. The molecular weight excluding hydrogens is 463 g/mol. The van der Waals surface area contributed by atoms with E-state index in [9.17, 15) is 18.8 Å². The van der Waals surface area contributed by atoms with Crippen molar-refractivity contribution < 1.29 is 18.8 Å². The smallest absolute Gasteiger partial charge is 0.339 e. The Labute approximate surface area is 199 Å². The van der Waals surface area contributed by atoms with E-state index in [1.807, 2.05) is 17.1 Å². The standard InChI is InChI=1S/C23H22ClFN6O3/c24-16-6-3-4-14(20(16)25)12-27-21(32)18-8-9-28-10-11-29(23(34)31(18)28)19-13-30(22(26)33)17-7-2-1-5-15(17)19/h1-7,13,18H,8-12H2,(H2,26,33)(H,27,32)/t18-/m0/s1. The number of hydrazine groups is 1. The molecule has 0 aliphatic carbocycles. The summed E-state index contributed by atoms with van der Waals surface area (Å²) in [6, 6.07) is 10.0. The first-order chi connectivity index (χ1) is 16.4. The molecule has 11 heteroatoms. The summed E-state index contributed by atoms with van der Waals surface area (Å²) in [5.41, 5.74) is 6.93. The van der Waals surface area contributed by atoms with E-state index in [0.717, 1.165) is 0 Å². The van der Waals surface area contributed by atoms with Gasteiger partial charge in [-0.15, -0.1) is 0 Å². The Bertz CT molecular complexity index is 1310. The highest BCUT2D eigenvalue weighted by molar-refractivity contribution is 6.30. The summed E-state index contributed by atoms with van der Waals surface area (Å²) in [5.74, 6) is -0.958. The molecule has 4 amide bonds. The molecule has 1 atom stereocenters. The molecule has 0 saturated carbocycles. The lowest BCUT2D eigenvalue weighted by molar-refractivity contribution is -0.127. The van der Waals surface area contributed by atoms with Gasteiger partial charge in [0.2, 0.25) is 5.91 Å². The van der Waals surface area contributed by atoms with Gasteiger partial charge in [-0.3, -0.25) is 14.3 Å². The van der Waals surface area contributed by atoms with E-state index in [4.69, 9.17) is 17.3 Å².